The molecule has 1 aromatic rings. The number of carbonyl (C=O) groups excluding carboxylic acids is 1. The maximum Gasteiger partial charge on any atom is 0.265 e. The van der Waals surface area contributed by atoms with E-state index in [1.54, 1.807) is 19.1 Å². The molecule has 76 valence electrons. The molecule has 1 aliphatic heterocycles. The number of amides is 1. The molecule has 0 saturated carbocycles. The lowest BCUT2D eigenvalue weighted by molar-refractivity contribution is -0.122. The average Bonchev–Trinajstić information content (AvgIpc) is 2.21. The first-order valence-electron chi connectivity index (χ1n) is 4.68. The summed E-state index contributed by atoms with van der Waals surface area (Å²) in [5.74, 6) is 0.500. The van der Waals surface area contributed by atoms with Crippen LogP contribution in [0.2, 0.25) is 0 Å². The first-order valence-corrected chi connectivity index (χ1v) is 4.68. The van der Waals surface area contributed by atoms with Crippen molar-refractivity contribution in [1.29, 1.82) is 5.26 Å². The maximum absolute atomic E-state index is 11.3. The molecular weight excluding hydrogens is 192 g/mol. The number of anilines is 1. The second-order valence-corrected chi connectivity index (χ2v) is 3.41. The third kappa shape index (κ3) is 1.77. The summed E-state index contributed by atoms with van der Waals surface area (Å²) in [6, 6.07) is 7.42. The van der Waals surface area contributed by atoms with E-state index in [1.165, 1.54) is 0 Å². The van der Waals surface area contributed by atoms with Gasteiger partial charge in [0.2, 0.25) is 0 Å². The monoisotopic (exact) mass is 202 g/mol. The molecule has 4 nitrogen and oxygen atoms in total. The molecule has 1 aliphatic rings. The van der Waals surface area contributed by atoms with Gasteiger partial charge in [0, 0.05) is 0 Å². The molecule has 4 heteroatoms. The summed E-state index contributed by atoms with van der Waals surface area (Å²) in [6.45, 7) is 1.70. The molecule has 1 heterocycles. The van der Waals surface area contributed by atoms with E-state index in [4.69, 9.17) is 10.00 Å². The third-order valence-corrected chi connectivity index (χ3v) is 2.26. The minimum Gasteiger partial charge on any atom is -0.479 e. The normalized spacial score (nSPS) is 18.4. The Morgan fingerprint density at radius 2 is 2.40 bits per heavy atom. The number of carbonyl (C=O) groups is 1. The summed E-state index contributed by atoms with van der Waals surface area (Å²) < 4.78 is 5.38. The van der Waals surface area contributed by atoms with E-state index in [1.807, 2.05) is 6.07 Å². The smallest absolute Gasteiger partial charge is 0.265 e. The van der Waals surface area contributed by atoms with Crippen molar-refractivity contribution in [3.8, 4) is 11.8 Å². The largest absolute Gasteiger partial charge is 0.479 e. The summed E-state index contributed by atoms with van der Waals surface area (Å²) >= 11 is 0. The molecule has 0 saturated heterocycles. The van der Waals surface area contributed by atoms with Crippen molar-refractivity contribution in [3.63, 3.8) is 0 Å². The van der Waals surface area contributed by atoms with Gasteiger partial charge in [-0.2, -0.15) is 5.26 Å². The molecule has 0 fully saturated rings. The fraction of sp³-hybridized carbons (Fsp3) is 0.273. The van der Waals surface area contributed by atoms with Gasteiger partial charge >= 0.3 is 0 Å². The van der Waals surface area contributed by atoms with Crippen molar-refractivity contribution < 1.29 is 9.53 Å². The van der Waals surface area contributed by atoms with Crippen LogP contribution in [0.3, 0.4) is 0 Å². The number of ether oxygens (including phenoxy) is 1. The van der Waals surface area contributed by atoms with Crippen LogP contribution in [0.1, 0.15) is 12.5 Å². The van der Waals surface area contributed by atoms with Crippen LogP contribution in [0.4, 0.5) is 5.69 Å². The Labute approximate surface area is 87.5 Å². The van der Waals surface area contributed by atoms with Gasteiger partial charge in [0.05, 0.1) is 18.2 Å². The average molecular weight is 202 g/mol. The van der Waals surface area contributed by atoms with Crippen molar-refractivity contribution in [1.82, 2.24) is 0 Å². The molecule has 1 aromatic carbocycles. The lowest BCUT2D eigenvalue weighted by Gasteiger charge is -2.23. The van der Waals surface area contributed by atoms with Gasteiger partial charge in [-0.15, -0.1) is 0 Å². The molecule has 0 radical (unpaired) electrons. The summed E-state index contributed by atoms with van der Waals surface area (Å²) in [7, 11) is 0. The fourth-order valence-corrected chi connectivity index (χ4v) is 1.46. The van der Waals surface area contributed by atoms with Crippen molar-refractivity contribution >= 4 is 11.6 Å². The highest BCUT2D eigenvalue weighted by Gasteiger charge is 2.23. The number of benzene rings is 1. The summed E-state index contributed by atoms with van der Waals surface area (Å²) in [4.78, 5) is 11.3. The second-order valence-electron chi connectivity index (χ2n) is 3.41. The van der Waals surface area contributed by atoms with E-state index in [2.05, 4.69) is 11.4 Å². The van der Waals surface area contributed by atoms with Crippen LogP contribution in [0.15, 0.2) is 18.2 Å². The number of rotatable bonds is 1. The van der Waals surface area contributed by atoms with Crippen LogP contribution in [0.5, 0.6) is 5.75 Å². The minimum absolute atomic E-state index is 0.156. The van der Waals surface area contributed by atoms with Gasteiger partial charge in [0.1, 0.15) is 5.75 Å². The highest BCUT2D eigenvalue weighted by molar-refractivity contribution is 5.97. The van der Waals surface area contributed by atoms with Crippen molar-refractivity contribution in [2.45, 2.75) is 19.4 Å². The van der Waals surface area contributed by atoms with Crippen molar-refractivity contribution in [3.05, 3.63) is 23.8 Å². The van der Waals surface area contributed by atoms with Crippen LogP contribution in [-0.2, 0) is 11.2 Å². The maximum atomic E-state index is 11.3. The number of hydrogen-bond acceptors (Lipinski definition) is 3. The van der Waals surface area contributed by atoms with Gasteiger partial charge in [-0.05, 0) is 24.6 Å². The van der Waals surface area contributed by atoms with Crippen LogP contribution in [-0.4, -0.2) is 12.0 Å². The molecule has 2 rings (SSSR count). The third-order valence-electron chi connectivity index (χ3n) is 2.26. The minimum atomic E-state index is -0.459. The zero-order chi connectivity index (χ0) is 10.8. The lowest BCUT2D eigenvalue weighted by atomic mass is 10.1. The van der Waals surface area contributed by atoms with E-state index >= 15 is 0 Å². The lowest BCUT2D eigenvalue weighted by Crippen LogP contribution is -2.34. The van der Waals surface area contributed by atoms with E-state index in [0.717, 1.165) is 5.56 Å². The number of nitriles is 1. The van der Waals surface area contributed by atoms with E-state index in [9.17, 15) is 4.79 Å². The van der Waals surface area contributed by atoms with Gasteiger partial charge in [-0.25, -0.2) is 0 Å². The Balaban J connectivity index is 2.34. The first kappa shape index (κ1) is 9.53. The molecule has 1 unspecified atom stereocenters. The predicted octanol–water partition coefficient (Wildman–Crippen LogP) is 1.47. The number of nitrogens with zero attached hydrogens (tertiary/aromatic N) is 1. The summed E-state index contributed by atoms with van der Waals surface area (Å²) in [5.41, 5.74) is 1.51. The quantitative estimate of drug-likeness (QED) is 0.750. The number of fused-ring (bicyclic) bond motifs is 1. The molecular formula is C11H10N2O2. The fourth-order valence-electron chi connectivity index (χ4n) is 1.46. The van der Waals surface area contributed by atoms with Crippen LogP contribution < -0.4 is 10.1 Å². The Bertz CT molecular complexity index is 448. The van der Waals surface area contributed by atoms with Gasteiger partial charge in [0.15, 0.2) is 6.10 Å². The molecule has 0 bridgehead atoms. The molecule has 0 spiro atoms. The van der Waals surface area contributed by atoms with E-state index < -0.39 is 6.10 Å². The molecule has 0 aliphatic carbocycles. The summed E-state index contributed by atoms with van der Waals surface area (Å²) in [5, 5.41) is 11.3. The molecule has 15 heavy (non-hydrogen) atoms. The second kappa shape index (κ2) is 3.62. The van der Waals surface area contributed by atoms with Gasteiger partial charge < -0.3 is 10.1 Å². The van der Waals surface area contributed by atoms with Crippen LogP contribution >= 0.6 is 0 Å². The molecule has 0 aromatic heterocycles. The Hall–Kier alpha value is -2.02. The Morgan fingerprint density at radius 3 is 3.13 bits per heavy atom. The predicted molar refractivity (Wildman–Crippen MR) is 54.5 cm³/mol. The molecule has 1 atom stereocenters. The molecule has 1 amide bonds. The number of hydrogen-bond donors (Lipinski definition) is 1. The zero-order valence-electron chi connectivity index (χ0n) is 8.28. The van der Waals surface area contributed by atoms with E-state index in [-0.39, 0.29) is 5.91 Å². The standard InChI is InChI=1S/C11H10N2O2/c1-7-11(14)13-9-6-8(4-5-12)2-3-10(9)15-7/h2-3,6-7H,4H2,1H3,(H,13,14). The Kier molecular flexibility index (Phi) is 2.30. The first-order chi connectivity index (χ1) is 7.20. The van der Waals surface area contributed by atoms with Crippen molar-refractivity contribution in [2.24, 2.45) is 0 Å². The van der Waals surface area contributed by atoms with Crippen LogP contribution in [0.25, 0.3) is 0 Å². The zero-order valence-corrected chi connectivity index (χ0v) is 8.28. The topological polar surface area (TPSA) is 62.1 Å². The summed E-state index contributed by atoms with van der Waals surface area (Å²) in [6.07, 6.45) is -0.127. The highest BCUT2D eigenvalue weighted by atomic mass is 16.5. The number of nitrogens with one attached hydrogen (secondary N) is 1. The van der Waals surface area contributed by atoms with E-state index in [0.29, 0.717) is 17.9 Å². The van der Waals surface area contributed by atoms with Crippen LogP contribution in [0, 0.1) is 11.3 Å². The SMILES string of the molecule is CC1Oc2ccc(CC#N)cc2NC1=O. The highest BCUT2D eigenvalue weighted by Crippen LogP contribution is 2.30. The van der Waals surface area contributed by atoms with Gasteiger partial charge in [0.25, 0.3) is 5.91 Å². The molecule has 1 N–H and O–H groups in total. The van der Waals surface area contributed by atoms with Gasteiger partial charge in [-0.3, -0.25) is 4.79 Å². The van der Waals surface area contributed by atoms with Gasteiger partial charge in [-0.1, -0.05) is 6.07 Å². The van der Waals surface area contributed by atoms with Crippen molar-refractivity contribution in [2.75, 3.05) is 5.32 Å². The Morgan fingerprint density at radius 1 is 1.60 bits per heavy atom.